The Balaban J connectivity index is 2.28. The molecule has 0 radical (unpaired) electrons. The van der Waals surface area contributed by atoms with Gasteiger partial charge in [0.2, 0.25) is 0 Å². The summed E-state index contributed by atoms with van der Waals surface area (Å²) in [4.78, 5) is 4.26. The summed E-state index contributed by atoms with van der Waals surface area (Å²) in [5, 5.41) is 3.11. The van der Waals surface area contributed by atoms with Crippen LogP contribution in [0, 0.1) is 12.7 Å². The molecule has 0 saturated carbocycles. The lowest BCUT2D eigenvalue weighted by Crippen LogP contribution is -1.95. The normalized spacial score (nSPS) is 10.4. The Bertz CT molecular complexity index is 558. The highest BCUT2D eigenvalue weighted by atomic mass is 79.9. The average Bonchev–Trinajstić information content (AvgIpc) is 2.27. The van der Waals surface area contributed by atoms with Gasteiger partial charge in [0.15, 0.2) is 0 Å². The second-order valence-corrected chi connectivity index (χ2v) is 5.31. The lowest BCUT2D eigenvalue weighted by molar-refractivity contribution is 0.621. The van der Waals surface area contributed by atoms with Crippen LogP contribution < -0.4 is 5.32 Å². The summed E-state index contributed by atoms with van der Waals surface area (Å²) in [5.74, 6) is 0.417. The van der Waals surface area contributed by atoms with Crippen LogP contribution >= 0.6 is 31.9 Å². The van der Waals surface area contributed by atoms with Crippen LogP contribution in [0.5, 0.6) is 0 Å². The number of nitrogens with one attached hydrogen (secondary N) is 1. The van der Waals surface area contributed by atoms with Crippen molar-refractivity contribution in [2.75, 3.05) is 5.32 Å². The Labute approximate surface area is 116 Å². The zero-order chi connectivity index (χ0) is 12.4. The number of pyridine rings is 1. The van der Waals surface area contributed by atoms with E-state index < -0.39 is 0 Å². The SMILES string of the molecule is Cc1cnc(Nc2ccc(F)c(Br)c2)c(Br)c1. The van der Waals surface area contributed by atoms with Gasteiger partial charge in [-0.3, -0.25) is 0 Å². The zero-order valence-corrected chi connectivity index (χ0v) is 12.1. The molecule has 0 spiro atoms. The summed E-state index contributed by atoms with van der Waals surface area (Å²) in [7, 11) is 0. The van der Waals surface area contributed by atoms with Gasteiger partial charge in [-0.15, -0.1) is 0 Å². The molecule has 2 rings (SSSR count). The molecule has 1 N–H and O–H groups in total. The van der Waals surface area contributed by atoms with Gasteiger partial charge in [-0.05, 0) is 68.6 Å². The van der Waals surface area contributed by atoms with Crippen LogP contribution in [0.15, 0.2) is 39.4 Å². The van der Waals surface area contributed by atoms with Crippen LogP contribution in [-0.2, 0) is 0 Å². The Morgan fingerprint density at radius 1 is 1.18 bits per heavy atom. The number of hydrogen-bond donors (Lipinski definition) is 1. The molecule has 88 valence electrons. The number of benzene rings is 1. The van der Waals surface area contributed by atoms with E-state index in [1.165, 1.54) is 6.07 Å². The lowest BCUT2D eigenvalue weighted by Gasteiger charge is -2.08. The standard InChI is InChI=1S/C12H9Br2FN2/c1-7-4-10(14)12(16-6-7)17-8-2-3-11(15)9(13)5-8/h2-6H,1H3,(H,16,17). The quantitative estimate of drug-likeness (QED) is 0.833. The predicted octanol–water partition coefficient (Wildman–Crippen LogP) is 4.80. The largest absolute Gasteiger partial charge is 0.339 e. The molecule has 0 amide bonds. The molecular formula is C12H9Br2FN2. The fourth-order valence-corrected chi connectivity index (χ4v) is 2.28. The molecule has 0 aliphatic carbocycles. The number of rotatable bonds is 2. The molecule has 2 nitrogen and oxygen atoms in total. The van der Waals surface area contributed by atoms with Crippen molar-refractivity contribution >= 4 is 43.4 Å². The first-order valence-electron chi connectivity index (χ1n) is 4.90. The van der Waals surface area contributed by atoms with Crippen LogP contribution in [0.2, 0.25) is 0 Å². The van der Waals surface area contributed by atoms with Gasteiger partial charge in [0.1, 0.15) is 11.6 Å². The minimum atomic E-state index is -0.286. The molecular weight excluding hydrogens is 351 g/mol. The van der Waals surface area contributed by atoms with E-state index in [0.29, 0.717) is 10.3 Å². The Morgan fingerprint density at radius 2 is 1.94 bits per heavy atom. The number of hydrogen-bond acceptors (Lipinski definition) is 2. The second kappa shape index (κ2) is 5.14. The first-order valence-corrected chi connectivity index (χ1v) is 6.49. The number of aromatic nitrogens is 1. The van der Waals surface area contributed by atoms with Gasteiger partial charge in [0, 0.05) is 11.9 Å². The third kappa shape index (κ3) is 3.04. The highest BCUT2D eigenvalue weighted by Crippen LogP contribution is 2.26. The van der Waals surface area contributed by atoms with E-state index >= 15 is 0 Å². The van der Waals surface area contributed by atoms with Gasteiger partial charge in [-0.2, -0.15) is 0 Å². The summed E-state index contributed by atoms with van der Waals surface area (Å²) in [5.41, 5.74) is 1.85. The van der Waals surface area contributed by atoms with Crippen molar-refractivity contribution in [1.82, 2.24) is 4.98 Å². The molecule has 0 saturated heterocycles. The third-order valence-corrected chi connectivity index (χ3v) is 3.37. The first kappa shape index (κ1) is 12.5. The van der Waals surface area contributed by atoms with E-state index in [4.69, 9.17) is 0 Å². The molecule has 0 unspecified atom stereocenters. The topological polar surface area (TPSA) is 24.9 Å². The highest BCUT2D eigenvalue weighted by Gasteiger charge is 2.04. The van der Waals surface area contributed by atoms with Crippen LogP contribution in [0.1, 0.15) is 5.56 Å². The lowest BCUT2D eigenvalue weighted by atomic mass is 10.3. The van der Waals surface area contributed by atoms with Gasteiger partial charge in [-0.1, -0.05) is 0 Å². The first-order chi connectivity index (χ1) is 8.06. The van der Waals surface area contributed by atoms with Gasteiger partial charge in [-0.25, -0.2) is 9.37 Å². The Kier molecular flexibility index (Phi) is 3.79. The van der Waals surface area contributed by atoms with Crippen molar-refractivity contribution in [2.24, 2.45) is 0 Å². The van der Waals surface area contributed by atoms with E-state index in [-0.39, 0.29) is 5.82 Å². The molecule has 0 aliphatic heterocycles. The zero-order valence-electron chi connectivity index (χ0n) is 8.97. The van der Waals surface area contributed by atoms with Crippen LogP contribution in [0.3, 0.4) is 0 Å². The summed E-state index contributed by atoms with van der Waals surface area (Å²) in [6.07, 6.45) is 1.77. The third-order valence-electron chi connectivity index (χ3n) is 2.16. The summed E-state index contributed by atoms with van der Waals surface area (Å²) in [6, 6.07) is 6.69. The molecule has 1 aromatic carbocycles. The van der Waals surface area contributed by atoms with Gasteiger partial charge in [0.25, 0.3) is 0 Å². The average molecular weight is 360 g/mol. The molecule has 5 heteroatoms. The minimum absolute atomic E-state index is 0.286. The van der Waals surface area contributed by atoms with Crippen LogP contribution in [0.25, 0.3) is 0 Å². The monoisotopic (exact) mass is 358 g/mol. The maximum Gasteiger partial charge on any atom is 0.144 e. The molecule has 0 fully saturated rings. The maximum absolute atomic E-state index is 13.1. The van der Waals surface area contributed by atoms with Gasteiger partial charge < -0.3 is 5.32 Å². The fourth-order valence-electron chi connectivity index (χ4n) is 1.34. The van der Waals surface area contributed by atoms with Crippen molar-refractivity contribution in [3.05, 3.63) is 50.8 Å². The van der Waals surface area contributed by atoms with Crippen molar-refractivity contribution in [1.29, 1.82) is 0 Å². The van der Waals surface area contributed by atoms with Crippen molar-refractivity contribution in [3.8, 4) is 0 Å². The number of aryl methyl sites for hydroxylation is 1. The smallest absolute Gasteiger partial charge is 0.144 e. The number of nitrogens with zero attached hydrogens (tertiary/aromatic N) is 1. The molecule has 1 heterocycles. The molecule has 2 aromatic rings. The summed E-state index contributed by atoms with van der Waals surface area (Å²) in [6.45, 7) is 1.97. The van der Waals surface area contributed by atoms with Crippen molar-refractivity contribution in [3.63, 3.8) is 0 Å². The summed E-state index contributed by atoms with van der Waals surface area (Å²) < 4.78 is 14.4. The summed E-state index contributed by atoms with van der Waals surface area (Å²) >= 11 is 6.57. The van der Waals surface area contributed by atoms with Crippen molar-refractivity contribution in [2.45, 2.75) is 6.92 Å². The highest BCUT2D eigenvalue weighted by molar-refractivity contribution is 9.10. The van der Waals surface area contributed by atoms with E-state index in [9.17, 15) is 4.39 Å². The molecule has 0 atom stereocenters. The molecule has 1 aromatic heterocycles. The Morgan fingerprint density at radius 3 is 2.59 bits per heavy atom. The van der Waals surface area contributed by atoms with Crippen molar-refractivity contribution < 1.29 is 4.39 Å². The van der Waals surface area contributed by atoms with Crippen LogP contribution in [-0.4, -0.2) is 4.98 Å². The van der Waals surface area contributed by atoms with E-state index in [1.54, 1.807) is 18.3 Å². The van der Waals surface area contributed by atoms with E-state index in [1.807, 2.05) is 13.0 Å². The minimum Gasteiger partial charge on any atom is -0.339 e. The van der Waals surface area contributed by atoms with E-state index in [0.717, 1.165) is 15.7 Å². The number of anilines is 2. The van der Waals surface area contributed by atoms with Gasteiger partial charge in [0.05, 0.1) is 8.95 Å². The predicted molar refractivity (Wildman–Crippen MR) is 74.1 cm³/mol. The maximum atomic E-state index is 13.1. The fraction of sp³-hybridized carbons (Fsp3) is 0.0833. The van der Waals surface area contributed by atoms with Crippen LogP contribution in [0.4, 0.5) is 15.9 Å². The van der Waals surface area contributed by atoms with E-state index in [2.05, 4.69) is 42.2 Å². The molecule has 17 heavy (non-hydrogen) atoms. The Hall–Kier alpha value is -0.940. The van der Waals surface area contributed by atoms with Gasteiger partial charge >= 0.3 is 0 Å². The molecule has 0 aliphatic rings. The second-order valence-electron chi connectivity index (χ2n) is 3.60. The molecule has 0 bridgehead atoms. The number of halogens is 3.